The highest BCUT2D eigenvalue weighted by molar-refractivity contribution is 6.42. The molecule has 3 atom stereocenters. The van der Waals surface area contributed by atoms with Crippen LogP contribution >= 0.6 is 23.2 Å². The van der Waals surface area contributed by atoms with Gasteiger partial charge in [-0.3, -0.25) is 9.78 Å². The molecular weight excluding hydrogens is 731 g/mol. The van der Waals surface area contributed by atoms with Gasteiger partial charge in [-0.25, -0.2) is 9.59 Å². The molecule has 3 fully saturated rings. The van der Waals surface area contributed by atoms with Crippen LogP contribution in [0.1, 0.15) is 78.2 Å². The first-order valence-corrected chi connectivity index (χ1v) is 19.2. The molecule has 0 saturated carbocycles. The highest BCUT2D eigenvalue weighted by Crippen LogP contribution is 2.42. The summed E-state index contributed by atoms with van der Waals surface area (Å²) in [6, 6.07) is 15.4. The minimum Gasteiger partial charge on any atom is -0.496 e. The molecule has 0 aliphatic carbocycles. The molecule has 3 aromatic rings. The molecule has 1 aromatic heterocycles. The normalized spacial score (nSPS) is 23.8. The van der Waals surface area contributed by atoms with E-state index in [2.05, 4.69) is 30.6 Å². The van der Waals surface area contributed by atoms with Crippen molar-refractivity contribution in [1.29, 1.82) is 0 Å². The third-order valence-electron chi connectivity index (χ3n) is 11.6. The van der Waals surface area contributed by atoms with Gasteiger partial charge in [0.2, 0.25) is 0 Å². The number of benzene rings is 2. The average Bonchev–Trinajstić information content (AvgIpc) is 3.91. The summed E-state index contributed by atoms with van der Waals surface area (Å²) in [5, 5.41) is 25.8. The molecule has 0 radical (unpaired) electrons. The van der Waals surface area contributed by atoms with Gasteiger partial charge in [0, 0.05) is 44.3 Å². The van der Waals surface area contributed by atoms with Crippen LogP contribution in [0.5, 0.6) is 5.75 Å². The van der Waals surface area contributed by atoms with Gasteiger partial charge in [-0.2, -0.15) is 5.11 Å². The van der Waals surface area contributed by atoms with E-state index in [0.717, 1.165) is 49.0 Å². The van der Waals surface area contributed by atoms with Gasteiger partial charge in [-0.05, 0) is 104 Å². The highest BCUT2D eigenvalue weighted by atomic mass is 35.5. The Morgan fingerprint density at radius 2 is 1.81 bits per heavy atom. The fourth-order valence-corrected chi connectivity index (χ4v) is 8.69. The maximum absolute atomic E-state index is 14.2. The lowest BCUT2D eigenvalue weighted by atomic mass is 9.76. The Labute approximate surface area is 324 Å². The fourth-order valence-electron chi connectivity index (χ4n) is 8.39. The second kappa shape index (κ2) is 16.0. The van der Waals surface area contributed by atoms with Crippen LogP contribution < -0.4 is 10.1 Å². The Kier molecular flexibility index (Phi) is 11.2. The van der Waals surface area contributed by atoms with E-state index in [1.54, 1.807) is 25.6 Å². The predicted molar refractivity (Wildman–Crippen MR) is 204 cm³/mol. The van der Waals surface area contributed by atoms with Crippen molar-refractivity contribution in [2.24, 2.45) is 15.4 Å². The minimum absolute atomic E-state index is 0.129. The van der Waals surface area contributed by atoms with Gasteiger partial charge in [-0.15, -0.1) is 5.10 Å². The summed E-state index contributed by atoms with van der Waals surface area (Å²) in [7, 11) is 1.56. The molecule has 3 saturated heterocycles. The number of halogens is 2. The monoisotopic (exact) mass is 774 g/mol. The van der Waals surface area contributed by atoms with Gasteiger partial charge in [0.05, 0.1) is 40.2 Å². The van der Waals surface area contributed by atoms with Crippen LogP contribution in [0, 0.1) is 0 Å². The maximum Gasteiger partial charge on any atom is 0.326 e. The number of aromatic nitrogens is 1. The van der Waals surface area contributed by atoms with Crippen LogP contribution in [-0.4, -0.2) is 101 Å². The summed E-state index contributed by atoms with van der Waals surface area (Å²) in [6.45, 7) is 3.54. The number of pyridine rings is 1. The largest absolute Gasteiger partial charge is 0.496 e. The first-order valence-electron chi connectivity index (χ1n) is 18.4. The van der Waals surface area contributed by atoms with Gasteiger partial charge in [0.15, 0.2) is 0 Å². The SMILES string of the molecule is COc1ccc(C2C=NN=N2)cc1C(=O)N1CCC(CCN2CCC(NC(=O)N3CCCCC3C(=O)O)(c3ccccn3)CC2)(c2ccc(Cl)c(Cl)c2)C1. The number of carbonyl (C=O) groups excluding carboxylic acids is 2. The average molecular weight is 776 g/mol. The van der Waals surface area contributed by atoms with Crippen molar-refractivity contribution in [3.8, 4) is 5.75 Å². The summed E-state index contributed by atoms with van der Waals surface area (Å²) in [6.07, 6.45) is 8.05. The number of piperidine rings is 2. The van der Waals surface area contributed by atoms with E-state index < -0.39 is 23.0 Å². The lowest BCUT2D eigenvalue weighted by molar-refractivity contribution is -0.143. The topological polar surface area (TPSA) is 152 Å². The van der Waals surface area contributed by atoms with Crippen molar-refractivity contribution >= 4 is 47.3 Å². The number of carboxylic acids is 1. The number of rotatable bonds is 10. The van der Waals surface area contributed by atoms with Gasteiger partial charge in [0.25, 0.3) is 5.91 Å². The van der Waals surface area contributed by atoms with Gasteiger partial charge in [0.1, 0.15) is 17.8 Å². The Morgan fingerprint density at radius 3 is 2.52 bits per heavy atom. The zero-order chi connectivity index (χ0) is 37.9. The van der Waals surface area contributed by atoms with E-state index in [-0.39, 0.29) is 18.0 Å². The van der Waals surface area contributed by atoms with E-state index >= 15 is 0 Å². The fraction of sp³-hybridized carbons (Fsp3) is 0.462. The first kappa shape index (κ1) is 37.7. The van der Waals surface area contributed by atoms with Crippen molar-refractivity contribution in [2.45, 2.75) is 68.0 Å². The second-order valence-electron chi connectivity index (χ2n) is 14.6. The van der Waals surface area contributed by atoms with Gasteiger partial charge in [-0.1, -0.05) is 41.4 Å². The van der Waals surface area contributed by atoms with E-state index in [1.165, 1.54) is 4.90 Å². The predicted octanol–water partition coefficient (Wildman–Crippen LogP) is 6.70. The lowest BCUT2D eigenvalue weighted by Gasteiger charge is -2.44. The van der Waals surface area contributed by atoms with E-state index in [4.69, 9.17) is 27.9 Å². The number of likely N-dealkylation sites (tertiary alicyclic amines) is 3. The number of amides is 3. The molecule has 5 heterocycles. The van der Waals surface area contributed by atoms with Crippen molar-refractivity contribution in [2.75, 3.05) is 46.4 Å². The Bertz CT molecular complexity index is 1930. The number of carboxylic acid groups (broad SMARTS) is 1. The second-order valence-corrected chi connectivity index (χ2v) is 15.4. The molecule has 2 N–H and O–H groups in total. The summed E-state index contributed by atoms with van der Waals surface area (Å²) in [4.78, 5) is 50.4. The molecule has 0 bridgehead atoms. The van der Waals surface area contributed by atoms with Crippen LogP contribution in [0.4, 0.5) is 4.79 Å². The zero-order valence-electron chi connectivity index (χ0n) is 30.2. The molecule has 284 valence electrons. The first-order chi connectivity index (χ1) is 26.1. The van der Waals surface area contributed by atoms with Crippen molar-refractivity contribution < 1.29 is 24.2 Å². The standard InChI is InChI=1S/C39H44Cl2N8O5/c1-54-33-11-8-26(31-24-43-46-45-31)22-28(33)35(50)48-21-13-38(25-48,27-9-10-29(40)30(41)23-27)12-18-47-19-14-39(15-20-47,34-7-2-4-16-42-34)44-37(53)49-17-5-3-6-32(49)36(51)52/h2,4,7-11,16,22-24,31-32H,3,5-6,12-15,17-21,25H2,1H3,(H,44,53)(H,51,52). The molecule has 4 aliphatic rings. The number of methoxy groups -OCH3 is 1. The third-order valence-corrected chi connectivity index (χ3v) is 12.3. The van der Waals surface area contributed by atoms with Gasteiger partial charge >= 0.3 is 12.0 Å². The van der Waals surface area contributed by atoms with Crippen LogP contribution in [0.3, 0.4) is 0 Å². The van der Waals surface area contributed by atoms with Crippen molar-refractivity contribution in [1.82, 2.24) is 25.0 Å². The highest BCUT2D eigenvalue weighted by Gasteiger charge is 2.45. The number of urea groups is 1. The molecule has 4 aliphatic heterocycles. The van der Waals surface area contributed by atoms with E-state index in [0.29, 0.717) is 73.3 Å². The Balaban J connectivity index is 1.09. The van der Waals surface area contributed by atoms with E-state index in [9.17, 15) is 19.5 Å². The number of ether oxygens (including phenoxy) is 1. The molecule has 54 heavy (non-hydrogen) atoms. The zero-order valence-corrected chi connectivity index (χ0v) is 31.7. The number of carbonyl (C=O) groups is 3. The van der Waals surface area contributed by atoms with Crippen molar-refractivity contribution in [3.63, 3.8) is 0 Å². The Hall–Kier alpha value is -4.59. The Morgan fingerprint density at radius 1 is 0.981 bits per heavy atom. The van der Waals surface area contributed by atoms with Crippen LogP contribution in [0.2, 0.25) is 10.0 Å². The quantitative estimate of drug-likeness (QED) is 0.233. The van der Waals surface area contributed by atoms with E-state index in [1.807, 2.05) is 53.4 Å². The number of hydrogen-bond donors (Lipinski definition) is 2. The molecule has 13 nitrogen and oxygen atoms in total. The molecule has 2 aromatic carbocycles. The molecule has 3 amide bonds. The summed E-state index contributed by atoms with van der Waals surface area (Å²) in [5.41, 5.74) is 1.91. The molecule has 15 heteroatoms. The number of aliphatic carboxylic acids is 1. The van der Waals surface area contributed by atoms with Crippen LogP contribution in [0.25, 0.3) is 0 Å². The summed E-state index contributed by atoms with van der Waals surface area (Å²) in [5.74, 6) is -0.623. The van der Waals surface area contributed by atoms with Crippen LogP contribution in [-0.2, 0) is 15.7 Å². The number of nitrogens with one attached hydrogen (secondary N) is 1. The number of hydrogen-bond acceptors (Lipinski definition) is 9. The smallest absolute Gasteiger partial charge is 0.326 e. The maximum atomic E-state index is 14.2. The molecule has 7 rings (SSSR count). The molecule has 0 spiro atoms. The number of nitrogens with zero attached hydrogens (tertiary/aromatic N) is 7. The van der Waals surface area contributed by atoms with Gasteiger partial charge < -0.3 is 29.9 Å². The van der Waals surface area contributed by atoms with Crippen molar-refractivity contribution in [3.05, 3.63) is 93.2 Å². The summed E-state index contributed by atoms with van der Waals surface area (Å²) < 4.78 is 5.63. The minimum atomic E-state index is -0.978. The molecular formula is C39H44Cl2N8O5. The van der Waals surface area contributed by atoms with Crippen LogP contribution in [0.15, 0.2) is 76.2 Å². The molecule has 3 unspecified atom stereocenters. The summed E-state index contributed by atoms with van der Waals surface area (Å²) >= 11 is 13.0. The third kappa shape index (κ3) is 7.67. The lowest BCUT2D eigenvalue weighted by Crippen LogP contribution is -2.59.